The average molecular weight is 247 g/mol. The number of para-hydroxylation sites is 1. The quantitative estimate of drug-likeness (QED) is 0.782. The third kappa shape index (κ3) is 2.75. The highest BCUT2D eigenvalue weighted by molar-refractivity contribution is 5.33. The highest BCUT2D eigenvalue weighted by Gasteiger charge is 2.12. The first-order valence-electron chi connectivity index (χ1n) is 5.95. The topological polar surface area (TPSA) is 60.2 Å². The molecule has 0 spiro atoms. The van der Waals surface area contributed by atoms with Gasteiger partial charge >= 0.3 is 0 Å². The molecule has 0 radical (unpaired) electrons. The minimum absolute atomic E-state index is 0.119. The normalized spacial score (nSPS) is 10.8. The van der Waals surface area contributed by atoms with Gasteiger partial charge in [-0.3, -0.25) is 4.57 Å². The Kier molecular flexibility index (Phi) is 4.44. The molecule has 1 aromatic carbocycles. The summed E-state index contributed by atoms with van der Waals surface area (Å²) in [4.78, 5) is 0. The number of ether oxygens (including phenoxy) is 1. The van der Waals surface area contributed by atoms with Crippen molar-refractivity contribution in [3.8, 4) is 5.69 Å². The first kappa shape index (κ1) is 12.7. The SMILES string of the molecule is COCCCc1nnc(CO)n1-c1ccccc1. The van der Waals surface area contributed by atoms with Crippen LogP contribution in [0.25, 0.3) is 5.69 Å². The van der Waals surface area contributed by atoms with E-state index in [2.05, 4.69) is 10.2 Å². The molecule has 5 nitrogen and oxygen atoms in total. The highest BCUT2D eigenvalue weighted by Crippen LogP contribution is 2.14. The molecule has 0 atom stereocenters. The Morgan fingerprint density at radius 1 is 1.17 bits per heavy atom. The standard InChI is InChI=1S/C13H17N3O2/c1-18-9-5-8-12-14-15-13(10-17)16(12)11-6-3-2-4-7-11/h2-4,6-7,17H,5,8-10H2,1H3. The highest BCUT2D eigenvalue weighted by atomic mass is 16.5. The third-order valence-corrected chi connectivity index (χ3v) is 2.70. The number of hydrogen-bond donors (Lipinski definition) is 1. The van der Waals surface area contributed by atoms with Crippen LogP contribution in [0.4, 0.5) is 0 Å². The van der Waals surface area contributed by atoms with E-state index in [0.29, 0.717) is 12.4 Å². The largest absolute Gasteiger partial charge is 0.388 e. The van der Waals surface area contributed by atoms with Crippen molar-refractivity contribution in [2.45, 2.75) is 19.4 Å². The molecule has 0 amide bonds. The number of aliphatic hydroxyl groups is 1. The first-order valence-corrected chi connectivity index (χ1v) is 5.95. The van der Waals surface area contributed by atoms with Crippen LogP contribution in [0.3, 0.4) is 0 Å². The van der Waals surface area contributed by atoms with Crippen LogP contribution in [0.2, 0.25) is 0 Å². The maximum Gasteiger partial charge on any atom is 0.163 e. The van der Waals surface area contributed by atoms with E-state index in [1.54, 1.807) is 7.11 Å². The summed E-state index contributed by atoms with van der Waals surface area (Å²) in [6.07, 6.45) is 1.66. The van der Waals surface area contributed by atoms with Crippen LogP contribution in [0.15, 0.2) is 30.3 Å². The van der Waals surface area contributed by atoms with E-state index in [1.807, 2.05) is 34.9 Å². The van der Waals surface area contributed by atoms with Gasteiger partial charge in [0.2, 0.25) is 0 Å². The molecule has 2 aromatic rings. The predicted octanol–water partition coefficient (Wildman–Crippen LogP) is 1.34. The molecule has 0 aliphatic carbocycles. The fraction of sp³-hybridized carbons (Fsp3) is 0.385. The Bertz CT molecular complexity index is 482. The lowest BCUT2D eigenvalue weighted by Crippen LogP contribution is -2.06. The van der Waals surface area contributed by atoms with Crippen LogP contribution in [0.1, 0.15) is 18.1 Å². The molecule has 18 heavy (non-hydrogen) atoms. The number of rotatable bonds is 6. The summed E-state index contributed by atoms with van der Waals surface area (Å²) in [7, 11) is 1.68. The van der Waals surface area contributed by atoms with E-state index in [4.69, 9.17) is 4.74 Å². The van der Waals surface area contributed by atoms with Crippen LogP contribution >= 0.6 is 0 Å². The summed E-state index contributed by atoms with van der Waals surface area (Å²) in [6, 6.07) is 9.81. The molecule has 1 heterocycles. The number of aryl methyl sites for hydroxylation is 1. The maximum absolute atomic E-state index is 9.32. The molecule has 0 bridgehead atoms. The molecule has 0 saturated carbocycles. The van der Waals surface area contributed by atoms with Crippen LogP contribution in [-0.2, 0) is 17.8 Å². The lowest BCUT2D eigenvalue weighted by Gasteiger charge is -2.08. The van der Waals surface area contributed by atoms with Gasteiger partial charge in [-0.05, 0) is 18.6 Å². The van der Waals surface area contributed by atoms with Crippen molar-refractivity contribution in [3.05, 3.63) is 42.0 Å². The van der Waals surface area contributed by atoms with Crippen LogP contribution in [0, 0.1) is 0 Å². The Labute approximate surface area is 106 Å². The van der Waals surface area contributed by atoms with Crippen LogP contribution in [-0.4, -0.2) is 33.6 Å². The van der Waals surface area contributed by atoms with Crippen molar-refractivity contribution in [2.75, 3.05) is 13.7 Å². The lowest BCUT2D eigenvalue weighted by molar-refractivity contribution is 0.194. The number of hydrogen-bond acceptors (Lipinski definition) is 4. The molecule has 0 aliphatic heterocycles. The summed E-state index contributed by atoms with van der Waals surface area (Å²) < 4.78 is 6.93. The Balaban J connectivity index is 2.28. The molecule has 0 saturated heterocycles. The van der Waals surface area contributed by atoms with E-state index in [-0.39, 0.29) is 6.61 Å². The summed E-state index contributed by atoms with van der Waals surface area (Å²) in [5.74, 6) is 1.41. The predicted molar refractivity (Wildman–Crippen MR) is 67.5 cm³/mol. The number of nitrogens with zero attached hydrogens (tertiary/aromatic N) is 3. The second-order valence-corrected chi connectivity index (χ2v) is 3.96. The minimum atomic E-state index is -0.119. The molecule has 5 heteroatoms. The summed E-state index contributed by atoms with van der Waals surface area (Å²) in [5.41, 5.74) is 0.971. The molecule has 96 valence electrons. The van der Waals surface area contributed by atoms with Crippen molar-refractivity contribution in [1.29, 1.82) is 0 Å². The van der Waals surface area contributed by atoms with Gasteiger partial charge in [-0.25, -0.2) is 0 Å². The van der Waals surface area contributed by atoms with Gasteiger partial charge in [-0.15, -0.1) is 10.2 Å². The van der Waals surface area contributed by atoms with Crippen molar-refractivity contribution in [2.24, 2.45) is 0 Å². The maximum atomic E-state index is 9.32. The van der Waals surface area contributed by atoms with Crippen LogP contribution in [0.5, 0.6) is 0 Å². The van der Waals surface area contributed by atoms with Gasteiger partial charge in [-0.2, -0.15) is 0 Å². The van der Waals surface area contributed by atoms with Crippen molar-refractivity contribution < 1.29 is 9.84 Å². The number of aromatic nitrogens is 3. The molecule has 1 N–H and O–H groups in total. The molecule has 0 unspecified atom stereocenters. The van der Waals surface area contributed by atoms with Crippen molar-refractivity contribution in [3.63, 3.8) is 0 Å². The lowest BCUT2D eigenvalue weighted by atomic mass is 10.2. The smallest absolute Gasteiger partial charge is 0.163 e. The minimum Gasteiger partial charge on any atom is -0.388 e. The third-order valence-electron chi connectivity index (χ3n) is 2.70. The van der Waals surface area contributed by atoms with E-state index in [9.17, 15) is 5.11 Å². The van der Waals surface area contributed by atoms with E-state index in [1.165, 1.54) is 0 Å². The van der Waals surface area contributed by atoms with Gasteiger partial charge in [0, 0.05) is 25.8 Å². The first-order chi connectivity index (χ1) is 8.86. The fourth-order valence-electron chi connectivity index (χ4n) is 1.87. The molecule has 1 aromatic heterocycles. The van der Waals surface area contributed by atoms with E-state index >= 15 is 0 Å². The zero-order valence-corrected chi connectivity index (χ0v) is 10.4. The Hall–Kier alpha value is -1.72. The van der Waals surface area contributed by atoms with Gasteiger partial charge in [0.15, 0.2) is 5.82 Å². The van der Waals surface area contributed by atoms with Gasteiger partial charge < -0.3 is 9.84 Å². The molecular formula is C13H17N3O2. The number of aliphatic hydroxyl groups excluding tert-OH is 1. The average Bonchev–Trinajstić information content (AvgIpc) is 2.83. The number of benzene rings is 1. The molecule has 2 rings (SSSR count). The van der Waals surface area contributed by atoms with Gasteiger partial charge in [-0.1, -0.05) is 18.2 Å². The number of methoxy groups -OCH3 is 1. The summed E-state index contributed by atoms with van der Waals surface area (Å²) in [5, 5.41) is 17.5. The molecule has 0 aliphatic rings. The second kappa shape index (κ2) is 6.28. The monoisotopic (exact) mass is 247 g/mol. The van der Waals surface area contributed by atoms with Crippen molar-refractivity contribution in [1.82, 2.24) is 14.8 Å². The fourth-order valence-corrected chi connectivity index (χ4v) is 1.87. The molecular weight excluding hydrogens is 230 g/mol. The summed E-state index contributed by atoms with van der Waals surface area (Å²) in [6.45, 7) is 0.572. The summed E-state index contributed by atoms with van der Waals surface area (Å²) >= 11 is 0. The van der Waals surface area contributed by atoms with Gasteiger partial charge in [0.05, 0.1) is 0 Å². The van der Waals surface area contributed by atoms with E-state index < -0.39 is 0 Å². The van der Waals surface area contributed by atoms with Gasteiger partial charge in [0.25, 0.3) is 0 Å². The zero-order valence-electron chi connectivity index (χ0n) is 10.4. The molecule has 0 fully saturated rings. The Morgan fingerprint density at radius 2 is 1.89 bits per heavy atom. The zero-order chi connectivity index (χ0) is 12.8. The van der Waals surface area contributed by atoms with Crippen LogP contribution < -0.4 is 0 Å². The van der Waals surface area contributed by atoms with E-state index in [0.717, 1.165) is 24.4 Å². The Morgan fingerprint density at radius 3 is 2.56 bits per heavy atom. The second-order valence-electron chi connectivity index (χ2n) is 3.96. The van der Waals surface area contributed by atoms with Crippen molar-refractivity contribution >= 4 is 0 Å². The van der Waals surface area contributed by atoms with Gasteiger partial charge in [0.1, 0.15) is 12.4 Å².